The fourth-order valence-corrected chi connectivity index (χ4v) is 6.03. The standard InChI is InChI=1S/C19H25N5S2/c1-12-11-13(2)24(22-12)19-20-17(25-10-9-23(3)4)16-14-7-5-6-8-15(14)26-18(16)21-19/h11H,5-10H2,1-4H3/p+1. The van der Waals surface area contributed by atoms with E-state index in [1.165, 1.54) is 46.4 Å². The lowest BCUT2D eigenvalue weighted by molar-refractivity contribution is -0.855. The number of hydrogen-bond donors (Lipinski definition) is 1. The summed E-state index contributed by atoms with van der Waals surface area (Å²) in [7, 11) is 4.40. The minimum atomic E-state index is 0.710. The Kier molecular flexibility index (Phi) is 5.03. The SMILES string of the molecule is Cc1cc(C)n(-c2nc(SCC[NH+](C)C)c3c4c(sc3n2)CCCC4)n1. The topological polar surface area (TPSA) is 48.0 Å². The largest absolute Gasteiger partial charge is 0.339 e. The van der Waals surface area contributed by atoms with Crippen LogP contribution in [0.5, 0.6) is 0 Å². The molecule has 3 heterocycles. The monoisotopic (exact) mass is 388 g/mol. The van der Waals surface area contributed by atoms with Crippen LogP contribution in [-0.2, 0) is 12.8 Å². The molecular weight excluding hydrogens is 362 g/mol. The van der Waals surface area contributed by atoms with E-state index in [-0.39, 0.29) is 0 Å². The van der Waals surface area contributed by atoms with Gasteiger partial charge in [-0.05, 0) is 51.2 Å². The number of thiophene rings is 1. The van der Waals surface area contributed by atoms with Crippen LogP contribution in [0.25, 0.3) is 16.2 Å². The molecule has 4 rings (SSSR count). The Hall–Kier alpha value is -1.44. The minimum Gasteiger partial charge on any atom is -0.339 e. The molecule has 138 valence electrons. The molecule has 0 unspecified atom stereocenters. The Bertz CT molecular complexity index is 941. The Morgan fingerprint density at radius 1 is 1.19 bits per heavy atom. The van der Waals surface area contributed by atoms with E-state index in [4.69, 9.17) is 9.97 Å². The van der Waals surface area contributed by atoms with Gasteiger partial charge in [0.05, 0.1) is 26.3 Å². The lowest BCUT2D eigenvalue weighted by Crippen LogP contribution is -3.06. The zero-order chi connectivity index (χ0) is 18.3. The molecule has 0 spiro atoms. The van der Waals surface area contributed by atoms with E-state index in [1.54, 1.807) is 0 Å². The van der Waals surface area contributed by atoms with Crippen molar-refractivity contribution in [1.82, 2.24) is 19.7 Å². The van der Waals surface area contributed by atoms with Gasteiger partial charge >= 0.3 is 0 Å². The Labute approximate surface area is 162 Å². The van der Waals surface area contributed by atoms with Crippen LogP contribution in [0, 0.1) is 13.8 Å². The Morgan fingerprint density at radius 2 is 2.00 bits per heavy atom. The lowest BCUT2D eigenvalue weighted by Gasteiger charge is -2.13. The second kappa shape index (κ2) is 7.29. The van der Waals surface area contributed by atoms with Crippen LogP contribution >= 0.6 is 23.1 Å². The first-order chi connectivity index (χ1) is 12.5. The average molecular weight is 389 g/mol. The van der Waals surface area contributed by atoms with Gasteiger partial charge in [-0.3, -0.25) is 0 Å². The minimum absolute atomic E-state index is 0.710. The zero-order valence-electron chi connectivity index (χ0n) is 15.9. The maximum absolute atomic E-state index is 4.97. The van der Waals surface area contributed by atoms with Crippen molar-refractivity contribution in [3.05, 3.63) is 27.9 Å². The molecule has 0 bridgehead atoms. The van der Waals surface area contributed by atoms with Crippen molar-refractivity contribution in [2.75, 3.05) is 26.4 Å². The van der Waals surface area contributed by atoms with Crippen LogP contribution in [0.15, 0.2) is 11.1 Å². The molecule has 5 nitrogen and oxygen atoms in total. The molecule has 0 amide bonds. The highest BCUT2D eigenvalue weighted by atomic mass is 32.2. The van der Waals surface area contributed by atoms with E-state index in [1.807, 2.05) is 34.7 Å². The molecule has 26 heavy (non-hydrogen) atoms. The highest BCUT2D eigenvalue weighted by Crippen LogP contribution is 2.40. The molecular formula is C19H26N5S2+. The molecule has 3 aromatic rings. The number of aromatic nitrogens is 4. The van der Waals surface area contributed by atoms with Gasteiger partial charge in [0.25, 0.3) is 5.95 Å². The van der Waals surface area contributed by atoms with Crippen LogP contribution in [0.2, 0.25) is 0 Å². The molecule has 3 aromatic heterocycles. The highest BCUT2D eigenvalue weighted by molar-refractivity contribution is 7.99. The highest BCUT2D eigenvalue weighted by Gasteiger charge is 2.22. The van der Waals surface area contributed by atoms with Crippen LogP contribution in [-0.4, -0.2) is 46.1 Å². The zero-order valence-corrected chi connectivity index (χ0v) is 17.6. The van der Waals surface area contributed by atoms with Gasteiger partial charge in [-0.1, -0.05) is 11.8 Å². The fourth-order valence-electron chi connectivity index (χ4n) is 3.50. The van der Waals surface area contributed by atoms with Crippen molar-refractivity contribution >= 4 is 33.3 Å². The normalized spacial score (nSPS) is 14.3. The first-order valence-electron chi connectivity index (χ1n) is 9.30. The lowest BCUT2D eigenvalue weighted by atomic mass is 9.97. The number of hydrogen-bond acceptors (Lipinski definition) is 5. The van der Waals surface area contributed by atoms with E-state index in [2.05, 4.69) is 32.2 Å². The van der Waals surface area contributed by atoms with E-state index in [9.17, 15) is 0 Å². The number of rotatable bonds is 5. The third-order valence-electron chi connectivity index (χ3n) is 4.81. The van der Waals surface area contributed by atoms with Crippen LogP contribution in [0.4, 0.5) is 0 Å². The molecule has 0 atom stereocenters. The summed E-state index contributed by atoms with van der Waals surface area (Å²) in [6, 6.07) is 2.08. The maximum atomic E-state index is 4.97. The van der Waals surface area contributed by atoms with Crippen LogP contribution in [0.1, 0.15) is 34.7 Å². The molecule has 0 fully saturated rings. The van der Waals surface area contributed by atoms with Gasteiger partial charge in [-0.2, -0.15) is 10.1 Å². The van der Waals surface area contributed by atoms with Gasteiger partial charge in [0.1, 0.15) is 9.86 Å². The first kappa shape index (κ1) is 17.9. The molecule has 0 radical (unpaired) electrons. The number of aryl methyl sites for hydroxylation is 4. The summed E-state index contributed by atoms with van der Waals surface area (Å²) in [4.78, 5) is 14.0. The molecule has 0 aromatic carbocycles. The van der Waals surface area contributed by atoms with Crippen molar-refractivity contribution in [3.8, 4) is 5.95 Å². The van der Waals surface area contributed by atoms with Crippen LogP contribution in [0.3, 0.4) is 0 Å². The number of fused-ring (bicyclic) bond motifs is 3. The summed E-state index contributed by atoms with van der Waals surface area (Å²) in [5, 5.41) is 7.05. The Morgan fingerprint density at radius 3 is 2.73 bits per heavy atom. The van der Waals surface area contributed by atoms with E-state index in [0.29, 0.717) is 5.95 Å². The van der Waals surface area contributed by atoms with Gasteiger partial charge in [0.15, 0.2) is 0 Å². The summed E-state index contributed by atoms with van der Waals surface area (Å²) < 4.78 is 1.88. The first-order valence-corrected chi connectivity index (χ1v) is 11.1. The third-order valence-corrected chi connectivity index (χ3v) is 6.97. The number of quaternary nitrogens is 1. The van der Waals surface area contributed by atoms with E-state index < -0.39 is 0 Å². The average Bonchev–Trinajstić information content (AvgIpc) is 3.13. The van der Waals surface area contributed by atoms with Crippen LogP contribution < -0.4 is 4.90 Å². The summed E-state index contributed by atoms with van der Waals surface area (Å²) in [5.41, 5.74) is 3.59. The summed E-state index contributed by atoms with van der Waals surface area (Å²) in [6.45, 7) is 5.20. The summed E-state index contributed by atoms with van der Waals surface area (Å²) in [5.74, 6) is 1.77. The van der Waals surface area contributed by atoms with Crippen molar-refractivity contribution in [3.63, 3.8) is 0 Å². The number of thioether (sulfide) groups is 1. The molecule has 0 saturated carbocycles. The quantitative estimate of drug-likeness (QED) is 0.539. The smallest absolute Gasteiger partial charge is 0.253 e. The number of nitrogens with one attached hydrogen (secondary N) is 1. The van der Waals surface area contributed by atoms with Gasteiger partial charge < -0.3 is 4.90 Å². The second-order valence-corrected chi connectivity index (χ2v) is 9.53. The molecule has 0 saturated heterocycles. The summed E-state index contributed by atoms with van der Waals surface area (Å²) in [6.07, 6.45) is 4.94. The molecule has 1 aliphatic carbocycles. The van der Waals surface area contributed by atoms with Crippen molar-refractivity contribution in [2.45, 2.75) is 44.6 Å². The molecule has 7 heteroatoms. The van der Waals surface area contributed by atoms with E-state index in [0.717, 1.165) is 33.5 Å². The van der Waals surface area contributed by atoms with Gasteiger partial charge in [-0.15, -0.1) is 11.3 Å². The predicted molar refractivity (Wildman–Crippen MR) is 109 cm³/mol. The molecule has 1 N–H and O–H groups in total. The van der Waals surface area contributed by atoms with Gasteiger partial charge in [-0.25, -0.2) is 9.67 Å². The predicted octanol–water partition coefficient (Wildman–Crippen LogP) is 2.61. The third kappa shape index (κ3) is 3.40. The van der Waals surface area contributed by atoms with Gasteiger partial charge in [0.2, 0.25) is 0 Å². The molecule has 1 aliphatic rings. The second-order valence-electron chi connectivity index (χ2n) is 7.36. The van der Waals surface area contributed by atoms with Crippen molar-refractivity contribution in [1.29, 1.82) is 0 Å². The van der Waals surface area contributed by atoms with Crippen molar-refractivity contribution < 1.29 is 4.90 Å². The summed E-state index contributed by atoms with van der Waals surface area (Å²) >= 11 is 3.74. The maximum Gasteiger partial charge on any atom is 0.253 e. The fraction of sp³-hybridized carbons (Fsp3) is 0.526. The Balaban J connectivity index is 1.83. The molecule has 0 aliphatic heterocycles. The van der Waals surface area contributed by atoms with E-state index >= 15 is 0 Å². The number of nitrogens with zero attached hydrogens (tertiary/aromatic N) is 4. The van der Waals surface area contributed by atoms with Gasteiger partial charge in [0, 0.05) is 21.7 Å². The van der Waals surface area contributed by atoms with Crippen molar-refractivity contribution in [2.24, 2.45) is 0 Å².